The van der Waals surface area contributed by atoms with E-state index in [9.17, 15) is 9.59 Å². The number of carbonyl (C=O) groups excluding carboxylic acids is 1. The molecule has 1 aromatic heterocycles. The molecular weight excluding hydrogens is 310 g/mol. The number of aliphatic carboxylic acids is 1. The fourth-order valence-corrected chi connectivity index (χ4v) is 3.07. The molecule has 0 unspecified atom stereocenters. The van der Waals surface area contributed by atoms with E-state index in [0.29, 0.717) is 5.82 Å². The molecule has 1 aliphatic rings. The van der Waals surface area contributed by atoms with E-state index in [1.807, 2.05) is 30.3 Å². The van der Waals surface area contributed by atoms with Gasteiger partial charge >= 0.3 is 5.97 Å². The van der Waals surface area contributed by atoms with Gasteiger partial charge in [0.2, 0.25) is 17.6 Å². The normalized spacial score (nSPS) is 22.6. The van der Waals surface area contributed by atoms with Crippen molar-refractivity contribution < 1.29 is 19.2 Å². The van der Waals surface area contributed by atoms with E-state index in [0.717, 1.165) is 5.56 Å². The second kappa shape index (κ2) is 5.74. The van der Waals surface area contributed by atoms with Gasteiger partial charge in [-0.25, -0.2) is 0 Å². The fraction of sp³-hybridized carbons (Fsp3) is 0.412. The van der Waals surface area contributed by atoms with Crippen LogP contribution in [-0.2, 0) is 9.59 Å². The number of carboxylic acid groups (broad SMARTS) is 1. The largest absolute Gasteiger partial charge is 0.481 e. The molecule has 3 atom stereocenters. The summed E-state index contributed by atoms with van der Waals surface area (Å²) in [5.74, 6) is -1.73. The zero-order valence-corrected chi connectivity index (χ0v) is 13.7. The summed E-state index contributed by atoms with van der Waals surface area (Å²) >= 11 is 0. The van der Waals surface area contributed by atoms with Crippen molar-refractivity contribution in [2.45, 2.75) is 26.8 Å². The Labute approximate surface area is 139 Å². The van der Waals surface area contributed by atoms with Crippen molar-refractivity contribution in [1.29, 1.82) is 0 Å². The number of carbonyl (C=O) groups is 2. The van der Waals surface area contributed by atoms with E-state index in [2.05, 4.69) is 15.5 Å². The van der Waals surface area contributed by atoms with Gasteiger partial charge in [-0.1, -0.05) is 49.3 Å². The Bertz CT molecular complexity index is 769. The molecule has 1 saturated carbocycles. The Morgan fingerprint density at radius 2 is 1.92 bits per heavy atom. The van der Waals surface area contributed by atoms with Gasteiger partial charge in [0.15, 0.2) is 0 Å². The van der Waals surface area contributed by atoms with Crippen LogP contribution < -0.4 is 5.32 Å². The third kappa shape index (κ3) is 2.77. The topological polar surface area (TPSA) is 105 Å². The molecule has 0 bridgehead atoms. The summed E-state index contributed by atoms with van der Waals surface area (Å²) in [6, 6.07) is 8.87. The maximum absolute atomic E-state index is 12.3. The Kier molecular flexibility index (Phi) is 3.87. The van der Waals surface area contributed by atoms with Crippen LogP contribution in [0.3, 0.4) is 0 Å². The number of rotatable bonds is 5. The zero-order chi connectivity index (χ0) is 17.5. The summed E-state index contributed by atoms with van der Waals surface area (Å²) in [5.41, 5.74) is 0.278. The van der Waals surface area contributed by atoms with E-state index in [-0.39, 0.29) is 11.8 Å². The molecule has 1 heterocycles. The molecule has 7 nitrogen and oxygen atoms in total. The number of benzene rings is 1. The van der Waals surface area contributed by atoms with Crippen LogP contribution in [0.15, 0.2) is 34.9 Å². The van der Waals surface area contributed by atoms with Crippen molar-refractivity contribution in [3.63, 3.8) is 0 Å². The minimum absolute atomic E-state index is 0.285. The molecule has 2 aromatic rings. The number of hydrogen-bond donors (Lipinski definition) is 2. The maximum atomic E-state index is 12.3. The summed E-state index contributed by atoms with van der Waals surface area (Å²) in [5, 5.41) is 15.8. The van der Waals surface area contributed by atoms with Crippen molar-refractivity contribution in [2.75, 3.05) is 0 Å². The maximum Gasteiger partial charge on any atom is 0.307 e. The van der Waals surface area contributed by atoms with E-state index >= 15 is 0 Å². The first-order valence-electron chi connectivity index (χ1n) is 7.74. The molecule has 0 saturated heterocycles. The molecule has 24 heavy (non-hydrogen) atoms. The van der Waals surface area contributed by atoms with Crippen LogP contribution in [0.5, 0.6) is 0 Å². The average molecular weight is 329 g/mol. The van der Waals surface area contributed by atoms with Gasteiger partial charge in [0.25, 0.3) is 0 Å². The van der Waals surface area contributed by atoms with E-state index in [4.69, 9.17) is 9.63 Å². The number of nitrogens with one attached hydrogen (secondary N) is 1. The molecule has 0 spiro atoms. The van der Waals surface area contributed by atoms with E-state index < -0.39 is 29.3 Å². The van der Waals surface area contributed by atoms with Gasteiger partial charge in [0.1, 0.15) is 6.04 Å². The highest BCUT2D eigenvalue weighted by atomic mass is 16.5. The second-order valence-electron chi connectivity index (χ2n) is 6.67. The first-order valence-corrected chi connectivity index (χ1v) is 7.74. The van der Waals surface area contributed by atoms with Crippen LogP contribution in [0, 0.1) is 17.3 Å². The summed E-state index contributed by atoms with van der Waals surface area (Å²) in [7, 11) is 0. The SMILES string of the molecule is C[C@H](NC(=O)[C@H]1[C@H](C(=O)O)C1(C)C)c1nc(-c2ccccc2)no1. The smallest absolute Gasteiger partial charge is 0.307 e. The highest BCUT2D eigenvalue weighted by Gasteiger charge is 2.66. The molecular formula is C17H19N3O4. The minimum Gasteiger partial charge on any atom is -0.481 e. The first-order chi connectivity index (χ1) is 11.3. The van der Waals surface area contributed by atoms with Crippen LogP contribution in [0.2, 0.25) is 0 Å². The third-order valence-corrected chi connectivity index (χ3v) is 4.58. The molecule has 0 aliphatic heterocycles. The summed E-state index contributed by atoms with van der Waals surface area (Å²) < 4.78 is 5.22. The second-order valence-corrected chi connectivity index (χ2v) is 6.67. The Hall–Kier alpha value is -2.70. The molecule has 1 aliphatic carbocycles. The van der Waals surface area contributed by atoms with Crippen LogP contribution in [0.1, 0.15) is 32.7 Å². The number of aromatic nitrogens is 2. The predicted octanol–water partition coefficient (Wildman–Crippen LogP) is 2.27. The molecule has 1 amide bonds. The summed E-state index contributed by atoms with van der Waals surface area (Å²) in [4.78, 5) is 27.8. The van der Waals surface area contributed by atoms with E-state index in [1.165, 1.54) is 0 Å². The van der Waals surface area contributed by atoms with Crippen molar-refractivity contribution in [3.05, 3.63) is 36.2 Å². The average Bonchev–Trinajstić information content (AvgIpc) is 2.90. The molecule has 2 N–H and O–H groups in total. The van der Waals surface area contributed by atoms with Crippen molar-refractivity contribution >= 4 is 11.9 Å². The Morgan fingerprint density at radius 3 is 2.50 bits per heavy atom. The van der Waals surface area contributed by atoms with Crippen LogP contribution in [0.25, 0.3) is 11.4 Å². The number of carboxylic acids is 1. The van der Waals surface area contributed by atoms with Gasteiger partial charge < -0.3 is 14.9 Å². The molecule has 7 heteroatoms. The number of nitrogens with zero attached hydrogens (tertiary/aromatic N) is 2. The monoisotopic (exact) mass is 329 g/mol. The highest BCUT2D eigenvalue weighted by molar-refractivity contribution is 5.91. The zero-order valence-electron chi connectivity index (χ0n) is 13.7. The lowest BCUT2D eigenvalue weighted by Crippen LogP contribution is -2.30. The fourth-order valence-electron chi connectivity index (χ4n) is 3.07. The minimum atomic E-state index is -0.947. The van der Waals surface area contributed by atoms with Crippen molar-refractivity contribution in [1.82, 2.24) is 15.5 Å². The Balaban J connectivity index is 1.68. The molecule has 126 valence electrons. The third-order valence-electron chi connectivity index (χ3n) is 4.58. The number of hydrogen-bond acceptors (Lipinski definition) is 5. The lowest BCUT2D eigenvalue weighted by atomic mass is 10.1. The number of amides is 1. The van der Waals surface area contributed by atoms with Crippen LogP contribution in [0.4, 0.5) is 0 Å². The van der Waals surface area contributed by atoms with Crippen molar-refractivity contribution in [3.8, 4) is 11.4 Å². The van der Waals surface area contributed by atoms with Crippen molar-refractivity contribution in [2.24, 2.45) is 17.3 Å². The summed E-state index contributed by atoms with van der Waals surface area (Å²) in [6.07, 6.45) is 0. The standard InChI is InChI=1S/C17H19N3O4/c1-9(18-14(21)11-12(16(22)23)17(11,2)3)15-19-13(20-24-15)10-7-5-4-6-8-10/h4-9,11-12H,1-3H3,(H,18,21)(H,22,23)/t9-,11+,12+/m0/s1. The first kappa shape index (κ1) is 16.2. The van der Waals surface area contributed by atoms with Gasteiger partial charge in [-0.3, -0.25) is 9.59 Å². The van der Waals surface area contributed by atoms with Gasteiger partial charge in [-0.15, -0.1) is 0 Å². The molecule has 3 rings (SSSR count). The predicted molar refractivity (Wildman–Crippen MR) is 84.7 cm³/mol. The highest BCUT2D eigenvalue weighted by Crippen LogP contribution is 2.58. The van der Waals surface area contributed by atoms with Crippen LogP contribution >= 0.6 is 0 Å². The lowest BCUT2D eigenvalue weighted by Gasteiger charge is -2.10. The van der Waals surface area contributed by atoms with Gasteiger partial charge in [0, 0.05) is 5.56 Å². The quantitative estimate of drug-likeness (QED) is 0.872. The van der Waals surface area contributed by atoms with Gasteiger partial charge in [0.05, 0.1) is 11.8 Å². The van der Waals surface area contributed by atoms with Gasteiger partial charge in [-0.2, -0.15) is 4.98 Å². The molecule has 0 radical (unpaired) electrons. The lowest BCUT2D eigenvalue weighted by molar-refractivity contribution is -0.140. The van der Waals surface area contributed by atoms with Gasteiger partial charge in [-0.05, 0) is 12.3 Å². The Morgan fingerprint density at radius 1 is 1.25 bits per heavy atom. The molecule has 1 aromatic carbocycles. The van der Waals surface area contributed by atoms with E-state index in [1.54, 1.807) is 20.8 Å². The van der Waals surface area contributed by atoms with Crippen LogP contribution in [-0.4, -0.2) is 27.1 Å². The molecule has 1 fully saturated rings. The summed E-state index contributed by atoms with van der Waals surface area (Å²) in [6.45, 7) is 5.28.